The summed E-state index contributed by atoms with van der Waals surface area (Å²) < 4.78 is 0. The molecular weight excluding hydrogens is 318 g/mol. The van der Waals surface area contributed by atoms with Crippen molar-refractivity contribution in [2.45, 2.75) is 68.4 Å². The average molecular weight is 346 g/mol. The first-order valence-electron chi connectivity index (χ1n) is 8.22. The van der Waals surface area contributed by atoms with Gasteiger partial charge in [-0.1, -0.05) is 23.8 Å². The van der Waals surface area contributed by atoms with Crippen LogP contribution in [0.3, 0.4) is 0 Å². The number of allylic oxidation sites excluding steroid dienone is 2. The zero-order chi connectivity index (χ0) is 17.2. The Morgan fingerprint density at radius 1 is 1.39 bits per heavy atom. The molecule has 2 aliphatic heterocycles. The molecule has 0 unspecified atom stereocenters. The van der Waals surface area contributed by atoms with Crippen LogP contribution in [0, 0.1) is 0 Å². The molecule has 0 saturated carbocycles. The van der Waals surface area contributed by atoms with Crippen molar-refractivity contribution in [3.63, 3.8) is 0 Å². The average Bonchev–Trinajstić information content (AvgIpc) is 2.68. The highest BCUT2D eigenvalue weighted by Crippen LogP contribution is 2.42. The maximum absolute atomic E-state index is 10.7. The summed E-state index contributed by atoms with van der Waals surface area (Å²) in [5.41, 5.74) is -0.313. The van der Waals surface area contributed by atoms with Crippen molar-refractivity contribution >= 4 is 11.6 Å². The van der Waals surface area contributed by atoms with E-state index in [1.54, 1.807) is 6.92 Å². The number of hydrogen-bond acceptors (Lipinski definition) is 5. The lowest BCUT2D eigenvalue weighted by molar-refractivity contribution is -0.0912. The number of aliphatic hydroxyl groups is 4. The van der Waals surface area contributed by atoms with E-state index in [1.807, 2.05) is 30.1 Å². The minimum Gasteiger partial charge on any atom is -0.396 e. The second kappa shape index (κ2) is 7.64. The van der Waals surface area contributed by atoms with Gasteiger partial charge in [0, 0.05) is 19.2 Å². The van der Waals surface area contributed by atoms with Crippen molar-refractivity contribution in [1.82, 2.24) is 4.90 Å². The molecule has 0 aromatic heterocycles. The molecule has 6 heteroatoms. The summed E-state index contributed by atoms with van der Waals surface area (Å²) in [5.74, 6) is 0. The SMILES string of the molecule is C/C(=C\C=C\CCO)C[C@H]1[C@H](O)[C@@](C)(O)[C@H]2[C@@H](O)[C@@H](Cl)CCN12. The quantitative estimate of drug-likeness (QED) is 0.437. The van der Waals surface area contributed by atoms with Crippen molar-refractivity contribution in [2.75, 3.05) is 13.2 Å². The van der Waals surface area contributed by atoms with Crippen LogP contribution in [0.2, 0.25) is 0 Å². The number of fused-ring (bicyclic) bond motifs is 1. The zero-order valence-corrected chi connectivity index (χ0v) is 14.5. The predicted molar refractivity (Wildman–Crippen MR) is 90.4 cm³/mol. The minimum atomic E-state index is -1.38. The molecule has 0 bridgehead atoms. The molecule has 0 spiro atoms. The molecule has 6 atom stereocenters. The van der Waals surface area contributed by atoms with E-state index in [1.165, 1.54) is 0 Å². The number of piperidine rings is 1. The lowest BCUT2D eigenvalue weighted by Crippen LogP contribution is -2.59. The molecule has 5 nitrogen and oxygen atoms in total. The number of hydrogen-bond donors (Lipinski definition) is 4. The fourth-order valence-corrected chi connectivity index (χ4v) is 4.04. The van der Waals surface area contributed by atoms with Gasteiger partial charge >= 0.3 is 0 Å². The molecule has 23 heavy (non-hydrogen) atoms. The van der Waals surface area contributed by atoms with Gasteiger partial charge in [-0.25, -0.2) is 0 Å². The van der Waals surface area contributed by atoms with E-state index in [4.69, 9.17) is 16.7 Å². The van der Waals surface area contributed by atoms with Crippen molar-refractivity contribution in [1.29, 1.82) is 0 Å². The van der Waals surface area contributed by atoms with Gasteiger partial charge in [-0.2, -0.15) is 0 Å². The maximum atomic E-state index is 10.7. The zero-order valence-electron chi connectivity index (χ0n) is 13.8. The van der Waals surface area contributed by atoms with Crippen LogP contribution < -0.4 is 0 Å². The lowest BCUT2D eigenvalue weighted by Gasteiger charge is -2.42. The molecule has 2 saturated heterocycles. The fourth-order valence-electron chi connectivity index (χ4n) is 3.81. The third-order valence-corrected chi connectivity index (χ3v) is 5.52. The third-order valence-electron chi connectivity index (χ3n) is 5.05. The second-order valence-corrected chi connectivity index (χ2v) is 7.43. The molecule has 0 aromatic carbocycles. The number of aliphatic hydroxyl groups excluding tert-OH is 3. The Balaban J connectivity index is 2.13. The van der Waals surface area contributed by atoms with Gasteiger partial charge in [-0.15, -0.1) is 11.6 Å². The van der Waals surface area contributed by atoms with Crippen molar-refractivity contribution in [2.24, 2.45) is 0 Å². The highest BCUT2D eigenvalue weighted by Gasteiger charge is 2.59. The maximum Gasteiger partial charge on any atom is 0.107 e. The van der Waals surface area contributed by atoms with Gasteiger partial charge in [0.25, 0.3) is 0 Å². The van der Waals surface area contributed by atoms with Crippen LogP contribution in [-0.4, -0.2) is 73.7 Å². The minimum absolute atomic E-state index is 0.126. The first-order valence-corrected chi connectivity index (χ1v) is 8.65. The normalized spacial score (nSPS) is 42.4. The first-order chi connectivity index (χ1) is 10.8. The van der Waals surface area contributed by atoms with Gasteiger partial charge in [0.15, 0.2) is 0 Å². The first kappa shape index (κ1) is 18.9. The molecule has 2 rings (SSSR count). The topological polar surface area (TPSA) is 84.2 Å². The van der Waals surface area contributed by atoms with E-state index in [9.17, 15) is 15.3 Å². The summed E-state index contributed by atoms with van der Waals surface area (Å²) in [5, 5.41) is 40.0. The van der Waals surface area contributed by atoms with Crippen molar-refractivity contribution in [3.8, 4) is 0 Å². The Bertz CT molecular complexity index is 466. The summed E-state index contributed by atoms with van der Waals surface area (Å²) >= 11 is 6.15. The highest BCUT2D eigenvalue weighted by molar-refractivity contribution is 6.21. The molecule has 132 valence electrons. The fraction of sp³-hybridized carbons (Fsp3) is 0.765. The third kappa shape index (κ3) is 3.81. The van der Waals surface area contributed by atoms with E-state index >= 15 is 0 Å². The van der Waals surface area contributed by atoms with Crippen LogP contribution in [0.4, 0.5) is 0 Å². The van der Waals surface area contributed by atoms with E-state index in [2.05, 4.69) is 0 Å². The van der Waals surface area contributed by atoms with E-state index in [-0.39, 0.29) is 12.6 Å². The Morgan fingerprint density at radius 2 is 2.09 bits per heavy atom. The van der Waals surface area contributed by atoms with Crippen LogP contribution in [0.15, 0.2) is 23.8 Å². The van der Waals surface area contributed by atoms with Crippen LogP contribution in [0.1, 0.15) is 33.1 Å². The lowest BCUT2D eigenvalue weighted by atomic mass is 9.86. The second-order valence-electron chi connectivity index (χ2n) is 6.87. The highest BCUT2D eigenvalue weighted by atomic mass is 35.5. The number of alkyl halides is 1. The van der Waals surface area contributed by atoms with Gasteiger partial charge in [-0.3, -0.25) is 4.90 Å². The monoisotopic (exact) mass is 345 g/mol. The van der Waals surface area contributed by atoms with Crippen LogP contribution in [0.25, 0.3) is 0 Å². The van der Waals surface area contributed by atoms with Gasteiger partial charge in [0.1, 0.15) is 5.60 Å². The van der Waals surface area contributed by atoms with E-state index in [0.29, 0.717) is 25.8 Å². The van der Waals surface area contributed by atoms with Gasteiger partial charge in [-0.05, 0) is 33.1 Å². The summed E-state index contributed by atoms with van der Waals surface area (Å²) in [6, 6.07) is -0.784. The molecular formula is C17H28ClNO4. The van der Waals surface area contributed by atoms with E-state index in [0.717, 1.165) is 5.57 Å². The Morgan fingerprint density at radius 3 is 2.74 bits per heavy atom. The smallest absolute Gasteiger partial charge is 0.107 e. The van der Waals surface area contributed by atoms with Crippen molar-refractivity contribution < 1.29 is 20.4 Å². The Hall–Kier alpha value is -0.430. The van der Waals surface area contributed by atoms with Gasteiger partial charge in [0.2, 0.25) is 0 Å². The molecule has 4 N–H and O–H groups in total. The van der Waals surface area contributed by atoms with Crippen LogP contribution >= 0.6 is 11.6 Å². The molecule has 2 heterocycles. The molecule has 2 fully saturated rings. The predicted octanol–water partition coefficient (Wildman–Crippen LogP) is 0.798. The standard InChI is InChI=1S/C17H28ClNO4/c1-11(6-4-3-5-9-20)10-13-16(22)17(2,23)15-14(21)12(18)7-8-19(13)15/h3-4,6,12-16,20-23H,5,7-10H2,1-2H3/b4-3+,11-6+/t12-,13-,14-,15+,16-,17-/m0/s1. The Labute approximate surface area is 142 Å². The van der Waals surface area contributed by atoms with Gasteiger partial charge in [0.05, 0.1) is 23.6 Å². The summed E-state index contributed by atoms with van der Waals surface area (Å²) in [6.45, 7) is 4.33. The van der Waals surface area contributed by atoms with Crippen LogP contribution in [0.5, 0.6) is 0 Å². The number of halogens is 1. The van der Waals surface area contributed by atoms with Gasteiger partial charge < -0.3 is 20.4 Å². The summed E-state index contributed by atoms with van der Waals surface area (Å²) in [7, 11) is 0. The summed E-state index contributed by atoms with van der Waals surface area (Å²) in [4.78, 5) is 2.00. The largest absolute Gasteiger partial charge is 0.396 e. The van der Waals surface area contributed by atoms with Crippen LogP contribution in [-0.2, 0) is 0 Å². The molecule has 0 amide bonds. The molecule has 0 aliphatic carbocycles. The number of nitrogens with zero attached hydrogens (tertiary/aromatic N) is 1. The molecule has 0 aromatic rings. The Kier molecular flexibility index (Phi) is 6.28. The molecule has 2 aliphatic rings. The van der Waals surface area contributed by atoms with Crippen molar-refractivity contribution in [3.05, 3.63) is 23.8 Å². The number of rotatable bonds is 5. The summed E-state index contributed by atoms with van der Waals surface area (Å²) in [6.07, 6.45) is 5.80. The molecule has 0 radical (unpaired) electrons. The van der Waals surface area contributed by atoms with E-state index < -0.39 is 29.2 Å².